The van der Waals surface area contributed by atoms with E-state index < -0.39 is 0 Å². The molecule has 1 aromatic carbocycles. The molecule has 3 aromatic rings. The number of hydrogen-bond acceptors (Lipinski definition) is 4. The standard InChI is InChI=1S/C16H17N5/c1-11-6-2-3-7-12(11)19-15-14-16(18-10-17-15)21-9-5-4-8-13(21)20-14/h2-3,6-7,10H,4-5,8-9H2,1H3,(H,17,18,19). The third-order valence-electron chi connectivity index (χ3n) is 4.04. The minimum atomic E-state index is 0.788. The number of anilines is 2. The highest BCUT2D eigenvalue weighted by Crippen LogP contribution is 2.27. The van der Waals surface area contributed by atoms with Crippen molar-refractivity contribution in [3.63, 3.8) is 0 Å². The van der Waals surface area contributed by atoms with Crippen molar-refractivity contribution in [2.45, 2.75) is 32.7 Å². The second kappa shape index (κ2) is 4.84. The average molecular weight is 279 g/mol. The van der Waals surface area contributed by atoms with Gasteiger partial charge >= 0.3 is 0 Å². The topological polar surface area (TPSA) is 55.6 Å². The van der Waals surface area contributed by atoms with Crippen LogP contribution >= 0.6 is 0 Å². The monoisotopic (exact) mass is 279 g/mol. The molecule has 5 heteroatoms. The Kier molecular flexibility index (Phi) is 2.84. The largest absolute Gasteiger partial charge is 0.338 e. The predicted octanol–water partition coefficient (Wildman–Crippen LogP) is 3.21. The molecule has 21 heavy (non-hydrogen) atoms. The fourth-order valence-corrected chi connectivity index (χ4v) is 2.89. The molecule has 1 aliphatic rings. The number of benzene rings is 1. The van der Waals surface area contributed by atoms with Crippen LogP contribution in [0.25, 0.3) is 11.2 Å². The van der Waals surface area contributed by atoms with Crippen molar-refractivity contribution in [1.82, 2.24) is 19.5 Å². The normalized spacial score (nSPS) is 14.1. The lowest BCUT2D eigenvalue weighted by molar-refractivity contribution is 0.530. The number of fused-ring (bicyclic) bond motifs is 3. The Morgan fingerprint density at radius 2 is 2.05 bits per heavy atom. The van der Waals surface area contributed by atoms with Crippen molar-refractivity contribution in [3.05, 3.63) is 42.0 Å². The molecule has 0 spiro atoms. The van der Waals surface area contributed by atoms with Crippen LogP contribution in [0.1, 0.15) is 24.2 Å². The minimum absolute atomic E-state index is 0.788. The molecule has 1 N–H and O–H groups in total. The number of aryl methyl sites for hydroxylation is 3. The van der Waals surface area contributed by atoms with Gasteiger partial charge in [0.15, 0.2) is 17.0 Å². The first kappa shape index (κ1) is 12.3. The van der Waals surface area contributed by atoms with E-state index in [1.807, 2.05) is 12.1 Å². The number of para-hydroxylation sites is 1. The number of rotatable bonds is 2. The number of aromatic nitrogens is 4. The Morgan fingerprint density at radius 1 is 1.14 bits per heavy atom. The van der Waals surface area contributed by atoms with Crippen molar-refractivity contribution in [2.75, 3.05) is 5.32 Å². The predicted molar refractivity (Wildman–Crippen MR) is 82.7 cm³/mol. The lowest BCUT2D eigenvalue weighted by atomic mass is 10.2. The van der Waals surface area contributed by atoms with E-state index in [0.29, 0.717) is 0 Å². The molecule has 0 radical (unpaired) electrons. The van der Waals surface area contributed by atoms with Gasteiger partial charge in [-0.3, -0.25) is 0 Å². The summed E-state index contributed by atoms with van der Waals surface area (Å²) in [7, 11) is 0. The molecule has 106 valence electrons. The molecule has 0 saturated carbocycles. The second-order valence-corrected chi connectivity index (χ2v) is 5.47. The van der Waals surface area contributed by atoms with Gasteiger partial charge in [0.25, 0.3) is 0 Å². The number of nitrogens with one attached hydrogen (secondary N) is 1. The number of nitrogens with zero attached hydrogens (tertiary/aromatic N) is 4. The van der Waals surface area contributed by atoms with Crippen molar-refractivity contribution in [1.29, 1.82) is 0 Å². The van der Waals surface area contributed by atoms with Crippen molar-refractivity contribution in [2.24, 2.45) is 0 Å². The molecule has 0 aliphatic carbocycles. The van der Waals surface area contributed by atoms with Crippen LogP contribution in [0.5, 0.6) is 0 Å². The van der Waals surface area contributed by atoms with E-state index in [4.69, 9.17) is 4.98 Å². The van der Waals surface area contributed by atoms with Crippen LogP contribution in [0.3, 0.4) is 0 Å². The first-order valence-corrected chi connectivity index (χ1v) is 7.36. The van der Waals surface area contributed by atoms with Crippen molar-refractivity contribution in [3.8, 4) is 0 Å². The van der Waals surface area contributed by atoms with Crippen LogP contribution in [0.4, 0.5) is 11.5 Å². The molecule has 3 heterocycles. The molecule has 1 aliphatic heterocycles. The Bertz CT molecular complexity index is 806. The molecule has 0 atom stereocenters. The molecule has 2 aromatic heterocycles. The fourth-order valence-electron chi connectivity index (χ4n) is 2.89. The van der Waals surface area contributed by atoms with Crippen molar-refractivity contribution >= 4 is 22.7 Å². The molecule has 0 amide bonds. The average Bonchev–Trinajstić information content (AvgIpc) is 2.89. The Labute approximate surface area is 123 Å². The third kappa shape index (κ3) is 2.05. The maximum Gasteiger partial charge on any atom is 0.165 e. The van der Waals surface area contributed by atoms with Crippen LogP contribution in [0.15, 0.2) is 30.6 Å². The lowest BCUT2D eigenvalue weighted by Crippen LogP contribution is -2.10. The third-order valence-corrected chi connectivity index (χ3v) is 4.04. The minimum Gasteiger partial charge on any atom is -0.338 e. The van der Waals surface area contributed by atoms with Gasteiger partial charge in [-0.1, -0.05) is 18.2 Å². The van der Waals surface area contributed by atoms with E-state index in [-0.39, 0.29) is 0 Å². The fraction of sp³-hybridized carbons (Fsp3) is 0.312. The highest BCUT2D eigenvalue weighted by molar-refractivity contribution is 5.86. The van der Waals surface area contributed by atoms with E-state index in [1.165, 1.54) is 18.4 Å². The molecule has 0 bridgehead atoms. The Balaban J connectivity index is 1.82. The van der Waals surface area contributed by atoms with Gasteiger partial charge in [-0.2, -0.15) is 0 Å². The SMILES string of the molecule is Cc1ccccc1Nc1ncnc2c1nc1n2CCCC1. The van der Waals surface area contributed by atoms with E-state index in [9.17, 15) is 0 Å². The summed E-state index contributed by atoms with van der Waals surface area (Å²) in [6.45, 7) is 3.09. The highest BCUT2D eigenvalue weighted by Gasteiger charge is 2.18. The number of hydrogen-bond donors (Lipinski definition) is 1. The zero-order valence-corrected chi connectivity index (χ0v) is 12.0. The number of imidazole rings is 1. The van der Waals surface area contributed by atoms with E-state index in [1.54, 1.807) is 6.33 Å². The van der Waals surface area contributed by atoms with Gasteiger partial charge in [-0.05, 0) is 31.4 Å². The molecule has 4 rings (SSSR count). The summed E-state index contributed by atoms with van der Waals surface area (Å²) in [5.74, 6) is 1.92. The lowest BCUT2D eigenvalue weighted by Gasteiger charge is -2.13. The molecule has 0 saturated heterocycles. The molecular weight excluding hydrogens is 262 g/mol. The maximum atomic E-state index is 4.75. The van der Waals surface area contributed by atoms with Gasteiger partial charge in [0.2, 0.25) is 0 Å². The van der Waals surface area contributed by atoms with Crippen LogP contribution in [-0.2, 0) is 13.0 Å². The van der Waals surface area contributed by atoms with Crippen LogP contribution in [-0.4, -0.2) is 19.5 Å². The first-order valence-electron chi connectivity index (χ1n) is 7.36. The van der Waals surface area contributed by atoms with Gasteiger partial charge in [0.05, 0.1) is 0 Å². The van der Waals surface area contributed by atoms with Gasteiger partial charge in [0.1, 0.15) is 12.2 Å². The maximum absolute atomic E-state index is 4.75. The quantitative estimate of drug-likeness (QED) is 0.782. The van der Waals surface area contributed by atoms with Crippen molar-refractivity contribution < 1.29 is 0 Å². The smallest absolute Gasteiger partial charge is 0.165 e. The first-order chi connectivity index (χ1) is 10.3. The van der Waals surface area contributed by atoms with Gasteiger partial charge in [0, 0.05) is 18.7 Å². The summed E-state index contributed by atoms with van der Waals surface area (Å²) in [6.07, 6.45) is 5.05. The summed E-state index contributed by atoms with van der Waals surface area (Å²) in [6, 6.07) is 8.19. The summed E-state index contributed by atoms with van der Waals surface area (Å²) in [4.78, 5) is 13.6. The summed E-state index contributed by atoms with van der Waals surface area (Å²) >= 11 is 0. The Morgan fingerprint density at radius 3 is 2.95 bits per heavy atom. The summed E-state index contributed by atoms with van der Waals surface area (Å²) in [5, 5.41) is 3.40. The van der Waals surface area contributed by atoms with Gasteiger partial charge < -0.3 is 9.88 Å². The molecule has 0 fully saturated rings. The Hall–Kier alpha value is -2.43. The second-order valence-electron chi connectivity index (χ2n) is 5.47. The van der Waals surface area contributed by atoms with Crippen LogP contribution in [0, 0.1) is 6.92 Å². The van der Waals surface area contributed by atoms with E-state index >= 15 is 0 Å². The van der Waals surface area contributed by atoms with Gasteiger partial charge in [-0.15, -0.1) is 0 Å². The van der Waals surface area contributed by atoms with E-state index in [0.717, 1.165) is 41.5 Å². The zero-order chi connectivity index (χ0) is 14.2. The summed E-state index contributed by atoms with van der Waals surface area (Å²) in [5.41, 5.74) is 4.06. The van der Waals surface area contributed by atoms with Crippen LogP contribution < -0.4 is 5.32 Å². The van der Waals surface area contributed by atoms with Crippen LogP contribution in [0.2, 0.25) is 0 Å². The highest BCUT2D eigenvalue weighted by atomic mass is 15.2. The van der Waals surface area contributed by atoms with E-state index in [2.05, 4.69) is 38.9 Å². The molecule has 0 unspecified atom stereocenters. The van der Waals surface area contributed by atoms with Gasteiger partial charge in [-0.25, -0.2) is 15.0 Å². The molecular formula is C16H17N5. The summed E-state index contributed by atoms with van der Waals surface area (Å²) < 4.78 is 2.23. The molecule has 5 nitrogen and oxygen atoms in total. The zero-order valence-electron chi connectivity index (χ0n) is 12.0.